The molecule has 3 heterocycles. The van der Waals surface area contributed by atoms with Crippen LogP contribution in [0.4, 0.5) is 0 Å². The molecule has 28 heavy (non-hydrogen) atoms. The lowest BCUT2D eigenvalue weighted by Gasteiger charge is -2.30. The Balaban J connectivity index is 1.53. The number of nitrogens with zero attached hydrogens (tertiary/aromatic N) is 3. The fraction of sp³-hybridized carbons (Fsp3) is 0.381. The summed E-state index contributed by atoms with van der Waals surface area (Å²) >= 11 is 1.40. The zero-order valence-corrected chi connectivity index (χ0v) is 16.7. The van der Waals surface area contributed by atoms with Gasteiger partial charge in [-0.05, 0) is 42.3 Å². The van der Waals surface area contributed by atoms with Crippen molar-refractivity contribution in [3.63, 3.8) is 0 Å². The molecule has 0 bridgehead atoms. The molecule has 3 aromatic rings. The molecular weight excluding hydrogens is 372 g/mol. The number of hydrogen-bond donors (Lipinski definition) is 1. The normalized spacial score (nSPS) is 15.1. The van der Waals surface area contributed by atoms with Gasteiger partial charge in [-0.25, -0.2) is 4.98 Å². The molecule has 0 unspecified atom stereocenters. The molecule has 2 amide bonds. The smallest absolute Gasteiger partial charge is 0.261 e. The van der Waals surface area contributed by atoms with Gasteiger partial charge in [-0.3, -0.25) is 9.59 Å². The lowest BCUT2D eigenvalue weighted by atomic mass is 9.99. The SMILES string of the molecule is CC1CCN(C(=O)Cn2c(CNC(=O)c3cccs3)nc3ccccc32)CC1. The zero-order chi connectivity index (χ0) is 19.5. The number of carbonyl (C=O) groups is 2. The van der Waals surface area contributed by atoms with Gasteiger partial charge in [-0.1, -0.05) is 25.1 Å². The third kappa shape index (κ3) is 3.94. The van der Waals surface area contributed by atoms with E-state index in [9.17, 15) is 9.59 Å². The highest BCUT2D eigenvalue weighted by Gasteiger charge is 2.22. The van der Waals surface area contributed by atoms with E-state index in [1.807, 2.05) is 45.2 Å². The fourth-order valence-electron chi connectivity index (χ4n) is 3.58. The summed E-state index contributed by atoms with van der Waals surface area (Å²) in [5.74, 6) is 1.37. The van der Waals surface area contributed by atoms with E-state index >= 15 is 0 Å². The quantitative estimate of drug-likeness (QED) is 0.720. The zero-order valence-electron chi connectivity index (χ0n) is 15.9. The summed E-state index contributed by atoms with van der Waals surface area (Å²) < 4.78 is 1.93. The maximum atomic E-state index is 12.9. The average molecular weight is 397 g/mol. The number of thiophene rings is 1. The summed E-state index contributed by atoms with van der Waals surface area (Å²) in [5, 5.41) is 4.80. The largest absolute Gasteiger partial charge is 0.344 e. The van der Waals surface area contributed by atoms with Crippen molar-refractivity contribution in [1.29, 1.82) is 0 Å². The second-order valence-corrected chi connectivity index (χ2v) is 8.27. The van der Waals surface area contributed by atoms with E-state index < -0.39 is 0 Å². The van der Waals surface area contributed by atoms with E-state index in [2.05, 4.69) is 17.2 Å². The lowest BCUT2D eigenvalue weighted by molar-refractivity contribution is -0.133. The van der Waals surface area contributed by atoms with Crippen LogP contribution in [0.2, 0.25) is 0 Å². The van der Waals surface area contributed by atoms with Crippen molar-refractivity contribution in [3.8, 4) is 0 Å². The highest BCUT2D eigenvalue weighted by Crippen LogP contribution is 2.19. The summed E-state index contributed by atoms with van der Waals surface area (Å²) in [4.78, 5) is 32.4. The van der Waals surface area contributed by atoms with Gasteiger partial charge in [0.25, 0.3) is 5.91 Å². The molecule has 146 valence electrons. The minimum absolute atomic E-state index is 0.112. The first kappa shape index (κ1) is 18.7. The number of carbonyl (C=O) groups excluding carboxylic acids is 2. The van der Waals surface area contributed by atoms with Gasteiger partial charge in [0.2, 0.25) is 5.91 Å². The summed E-state index contributed by atoms with van der Waals surface area (Å²) in [6.45, 7) is 4.41. The number of nitrogens with one attached hydrogen (secondary N) is 1. The highest BCUT2D eigenvalue weighted by atomic mass is 32.1. The number of likely N-dealkylation sites (tertiary alicyclic amines) is 1. The molecular formula is C21H24N4O2S. The van der Waals surface area contributed by atoms with E-state index in [0.717, 1.165) is 37.0 Å². The van der Waals surface area contributed by atoms with Crippen molar-refractivity contribution >= 4 is 34.2 Å². The van der Waals surface area contributed by atoms with Crippen LogP contribution >= 0.6 is 11.3 Å². The standard InChI is InChI=1S/C21H24N4O2S/c1-15-8-10-24(11-9-15)20(26)14-25-17-6-3-2-5-16(17)23-19(25)13-22-21(27)18-7-4-12-28-18/h2-7,12,15H,8-11,13-14H2,1H3,(H,22,27). The monoisotopic (exact) mass is 396 g/mol. The van der Waals surface area contributed by atoms with Gasteiger partial charge in [0, 0.05) is 13.1 Å². The van der Waals surface area contributed by atoms with E-state index in [1.54, 1.807) is 6.07 Å². The van der Waals surface area contributed by atoms with Crippen LogP contribution in [0.1, 0.15) is 35.3 Å². The Labute approximate surface area is 168 Å². The number of fused-ring (bicyclic) bond motifs is 1. The predicted molar refractivity (Wildman–Crippen MR) is 110 cm³/mol. The molecule has 1 aliphatic heterocycles. The number of aromatic nitrogens is 2. The van der Waals surface area contributed by atoms with Crippen LogP contribution in [0.3, 0.4) is 0 Å². The summed E-state index contributed by atoms with van der Waals surface area (Å²) in [7, 11) is 0. The molecule has 0 atom stereocenters. The highest BCUT2D eigenvalue weighted by molar-refractivity contribution is 7.12. The molecule has 1 aliphatic rings. The van der Waals surface area contributed by atoms with Gasteiger partial charge in [0.1, 0.15) is 12.4 Å². The Morgan fingerprint density at radius 2 is 1.96 bits per heavy atom. The first-order valence-corrected chi connectivity index (χ1v) is 10.5. The van der Waals surface area contributed by atoms with Gasteiger partial charge in [0.15, 0.2) is 0 Å². The molecule has 0 aliphatic carbocycles. The van der Waals surface area contributed by atoms with E-state index in [0.29, 0.717) is 16.6 Å². The van der Waals surface area contributed by atoms with Crippen LogP contribution in [-0.2, 0) is 17.9 Å². The molecule has 2 aromatic heterocycles. The first-order chi connectivity index (χ1) is 13.6. The van der Waals surface area contributed by atoms with Crippen molar-refractivity contribution in [2.45, 2.75) is 32.9 Å². The van der Waals surface area contributed by atoms with Crippen molar-refractivity contribution in [2.24, 2.45) is 5.92 Å². The molecule has 7 heteroatoms. The maximum absolute atomic E-state index is 12.9. The van der Waals surface area contributed by atoms with Crippen LogP contribution in [0.5, 0.6) is 0 Å². The van der Waals surface area contributed by atoms with Gasteiger partial charge in [-0.15, -0.1) is 11.3 Å². The van der Waals surface area contributed by atoms with Crippen LogP contribution < -0.4 is 5.32 Å². The van der Waals surface area contributed by atoms with Crippen molar-refractivity contribution in [2.75, 3.05) is 13.1 Å². The van der Waals surface area contributed by atoms with Crippen LogP contribution in [0.15, 0.2) is 41.8 Å². The second-order valence-electron chi connectivity index (χ2n) is 7.33. The Bertz CT molecular complexity index is 972. The topological polar surface area (TPSA) is 67.2 Å². The van der Waals surface area contributed by atoms with Crippen molar-refractivity contribution in [1.82, 2.24) is 19.8 Å². The van der Waals surface area contributed by atoms with Gasteiger partial charge >= 0.3 is 0 Å². The van der Waals surface area contributed by atoms with Crippen molar-refractivity contribution < 1.29 is 9.59 Å². The van der Waals surface area contributed by atoms with E-state index in [-0.39, 0.29) is 24.9 Å². The Morgan fingerprint density at radius 1 is 1.18 bits per heavy atom. The number of amides is 2. The predicted octanol–water partition coefficient (Wildman–Crippen LogP) is 3.29. The maximum Gasteiger partial charge on any atom is 0.261 e. The minimum Gasteiger partial charge on any atom is -0.344 e. The van der Waals surface area contributed by atoms with Crippen LogP contribution in [0.25, 0.3) is 11.0 Å². The number of imidazole rings is 1. The molecule has 6 nitrogen and oxygen atoms in total. The summed E-state index contributed by atoms with van der Waals surface area (Å²) in [5.41, 5.74) is 1.75. The summed E-state index contributed by atoms with van der Waals surface area (Å²) in [6.07, 6.45) is 2.11. The minimum atomic E-state index is -0.120. The molecule has 1 N–H and O–H groups in total. The Morgan fingerprint density at radius 3 is 2.71 bits per heavy atom. The average Bonchev–Trinajstić information content (AvgIpc) is 3.35. The van der Waals surface area contributed by atoms with Crippen LogP contribution in [-0.4, -0.2) is 39.4 Å². The number of benzene rings is 1. The number of piperidine rings is 1. The molecule has 0 spiro atoms. The Kier molecular flexibility index (Phi) is 5.43. The molecule has 0 saturated carbocycles. The Hall–Kier alpha value is -2.67. The molecule has 0 radical (unpaired) electrons. The first-order valence-electron chi connectivity index (χ1n) is 9.65. The van der Waals surface area contributed by atoms with Gasteiger partial charge in [0.05, 0.1) is 22.5 Å². The third-order valence-corrected chi connectivity index (χ3v) is 6.18. The number of hydrogen-bond acceptors (Lipinski definition) is 4. The van der Waals surface area contributed by atoms with Crippen molar-refractivity contribution in [3.05, 3.63) is 52.5 Å². The molecule has 1 aromatic carbocycles. The van der Waals surface area contributed by atoms with Crippen LogP contribution in [0, 0.1) is 5.92 Å². The third-order valence-electron chi connectivity index (χ3n) is 5.32. The molecule has 4 rings (SSSR count). The number of rotatable bonds is 5. The fourth-order valence-corrected chi connectivity index (χ4v) is 4.22. The van der Waals surface area contributed by atoms with Gasteiger partial charge in [-0.2, -0.15) is 0 Å². The van der Waals surface area contributed by atoms with E-state index in [1.165, 1.54) is 11.3 Å². The van der Waals surface area contributed by atoms with E-state index in [4.69, 9.17) is 0 Å². The number of para-hydroxylation sites is 2. The lowest BCUT2D eigenvalue weighted by Crippen LogP contribution is -2.40. The van der Waals surface area contributed by atoms with Gasteiger partial charge < -0.3 is 14.8 Å². The summed E-state index contributed by atoms with van der Waals surface area (Å²) in [6, 6.07) is 11.4. The molecule has 1 saturated heterocycles. The molecule has 1 fully saturated rings. The second kappa shape index (κ2) is 8.14.